The summed E-state index contributed by atoms with van der Waals surface area (Å²) in [6, 6.07) is 11.5. The average molecular weight is 365 g/mol. The van der Waals surface area contributed by atoms with Gasteiger partial charge in [-0.3, -0.25) is 4.98 Å². The predicted octanol–water partition coefficient (Wildman–Crippen LogP) is 3.18. The highest BCUT2D eigenvalue weighted by atomic mass is 16.6. The number of cyclic esters (lactones) is 1. The number of carbonyl (C=O) groups is 1. The maximum Gasteiger partial charge on any atom is 0.407 e. The number of fused-ring (bicyclic) bond motifs is 1. The summed E-state index contributed by atoms with van der Waals surface area (Å²) in [5.74, 6) is 1.24. The minimum absolute atomic E-state index is 0.309. The number of nitrogens with one attached hydrogen (secondary N) is 1. The van der Waals surface area contributed by atoms with Crippen LogP contribution in [0.3, 0.4) is 0 Å². The van der Waals surface area contributed by atoms with Gasteiger partial charge in [0.05, 0.1) is 19.2 Å². The van der Waals surface area contributed by atoms with Gasteiger partial charge in [-0.25, -0.2) is 9.78 Å². The lowest BCUT2D eigenvalue weighted by molar-refractivity contribution is 0.0588. The first kappa shape index (κ1) is 17.1. The molecule has 1 aromatic carbocycles. The Bertz CT molecular complexity index is 975. The Kier molecular flexibility index (Phi) is 4.50. The summed E-state index contributed by atoms with van der Waals surface area (Å²) in [5, 5.41) is 3.54. The van der Waals surface area contributed by atoms with Crippen molar-refractivity contribution in [2.75, 3.05) is 13.7 Å². The first-order chi connectivity index (χ1) is 13.1. The van der Waals surface area contributed by atoms with Crippen LogP contribution < -0.4 is 14.8 Å². The molecule has 3 aromatic rings. The number of carbonyl (C=O) groups excluding carboxylic acids is 1. The Hall–Kier alpha value is -3.35. The van der Waals surface area contributed by atoms with E-state index in [9.17, 15) is 4.79 Å². The molecule has 1 aliphatic heterocycles. The fourth-order valence-electron chi connectivity index (χ4n) is 3.03. The third-order valence-electron chi connectivity index (χ3n) is 4.50. The molecule has 7 heteroatoms. The minimum atomic E-state index is -0.417. The molecule has 27 heavy (non-hydrogen) atoms. The molecule has 1 saturated heterocycles. The van der Waals surface area contributed by atoms with Gasteiger partial charge in [0.1, 0.15) is 11.9 Å². The fourth-order valence-corrected chi connectivity index (χ4v) is 3.03. The summed E-state index contributed by atoms with van der Waals surface area (Å²) < 4.78 is 16.5. The van der Waals surface area contributed by atoms with Gasteiger partial charge in [-0.15, -0.1) is 0 Å². The molecule has 3 heterocycles. The summed E-state index contributed by atoms with van der Waals surface area (Å²) in [5.41, 5.74) is 2.67. The van der Waals surface area contributed by atoms with Crippen molar-refractivity contribution in [3.05, 3.63) is 48.8 Å². The number of pyridine rings is 2. The summed E-state index contributed by atoms with van der Waals surface area (Å²) >= 11 is 0. The molecular weight excluding hydrogens is 346 g/mol. The Labute approximate surface area is 156 Å². The Balaban J connectivity index is 1.70. The fraction of sp³-hybridized carbons (Fsp3) is 0.250. The zero-order valence-corrected chi connectivity index (χ0v) is 15.0. The predicted molar refractivity (Wildman–Crippen MR) is 99.9 cm³/mol. The molecular formula is C20H19N3O4. The highest BCUT2D eigenvalue weighted by molar-refractivity contribution is 5.90. The number of nitrogens with zero attached hydrogens (tertiary/aromatic N) is 2. The second-order valence-electron chi connectivity index (χ2n) is 6.28. The van der Waals surface area contributed by atoms with E-state index in [1.54, 1.807) is 19.5 Å². The van der Waals surface area contributed by atoms with Crippen molar-refractivity contribution in [1.82, 2.24) is 15.3 Å². The topological polar surface area (TPSA) is 82.6 Å². The third kappa shape index (κ3) is 3.48. The second-order valence-corrected chi connectivity index (χ2v) is 6.28. The van der Waals surface area contributed by atoms with Crippen LogP contribution in [0.4, 0.5) is 4.79 Å². The van der Waals surface area contributed by atoms with Crippen LogP contribution in [0.1, 0.15) is 6.92 Å². The standard InChI is InChI=1S/C20H19N3O4/c1-12(18-11-23-20(24)27-18)26-17-9-14(8-16-15(17)4-3-7-21-16)13-5-6-19(25-2)22-10-13/h3-10,12,18H,11H2,1-2H3,(H,23,24)/t12-,18-/m1/s1. The van der Waals surface area contributed by atoms with Crippen LogP contribution >= 0.6 is 0 Å². The molecule has 1 amide bonds. The van der Waals surface area contributed by atoms with Gasteiger partial charge >= 0.3 is 6.09 Å². The molecule has 2 aromatic heterocycles. The summed E-state index contributed by atoms with van der Waals surface area (Å²) in [7, 11) is 1.58. The number of aromatic nitrogens is 2. The van der Waals surface area contributed by atoms with Crippen LogP contribution in [0.15, 0.2) is 48.8 Å². The monoisotopic (exact) mass is 365 g/mol. The van der Waals surface area contributed by atoms with Crippen LogP contribution in [0, 0.1) is 0 Å². The Morgan fingerprint density at radius 2 is 2.11 bits per heavy atom. The van der Waals surface area contributed by atoms with Crippen molar-refractivity contribution in [2.24, 2.45) is 0 Å². The van der Waals surface area contributed by atoms with Crippen LogP contribution in [-0.4, -0.2) is 41.9 Å². The van der Waals surface area contributed by atoms with E-state index in [4.69, 9.17) is 14.2 Å². The number of alkyl carbamates (subject to hydrolysis) is 1. The molecule has 2 atom stereocenters. The molecule has 1 aliphatic rings. The highest BCUT2D eigenvalue weighted by Crippen LogP contribution is 2.33. The SMILES string of the molecule is COc1ccc(-c2cc(O[C@H](C)[C@H]3CNC(=O)O3)c3cccnc3c2)cn1. The lowest BCUT2D eigenvalue weighted by Crippen LogP contribution is -2.31. The largest absolute Gasteiger partial charge is 0.486 e. The normalized spacial score (nSPS) is 17.3. The number of rotatable bonds is 5. The molecule has 0 aliphatic carbocycles. The summed E-state index contributed by atoms with van der Waals surface area (Å²) in [6.45, 7) is 2.31. The molecule has 0 saturated carbocycles. The first-order valence-electron chi connectivity index (χ1n) is 8.64. The quantitative estimate of drug-likeness (QED) is 0.748. The summed E-state index contributed by atoms with van der Waals surface area (Å²) in [6.07, 6.45) is 2.43. The van der Waals surface area contributed by atoms with Gasteiger partial charge in [-0.05, 0) is 42.8 Å². The third-order valence-corrected chi connectivity index (χ3v) is 4.50. The van der Waals surface area contributed by atoms with Crippen LogP contribution in [-0.2, 0) is 4.74 Å². The first-order valence-corrected chi connectivity index (χ1v) is 8.64. The number of amides is 1. The maximum absolute atomic E-state index is 11.3. The van der Waals surface area contributed by atoms with E-state index in [-0.39, 0.29) is 12.2 Å². The Morgan fingerprint density at radius 3 is 2.81 bits per heavy atom. The number of benzene rings is 1. The molecule has 0 bridgehead atoms. The van der Waals surface area contributed by atoms with E-state index in [1.165, 1.54) is 0 Å². The van der Waals surface area contributed by atoms with Gasteiger partial charge in [0.25, 0.3) is 0 Å². The Morgan fingerprint density at radius 1 is 1.22 bits per heavy atom. The van der Waals surface area contributed by atoms with E-state index >= 15 is 0 Å². The maximum atomic E-state index is 11.3. The van der Waals surface area contributed by atoms with Gasteiger partial charge < -0.3 is 19.5 Å². The molecule has 7 nitrogen and oxygen atoms in total. The molecule has 0 radical (unpaired) electrons. The molecule has 1 N–H and O–H groups in total. The smallest absolute Gasteiger partial charge is 0.407 e. The zero-order valence-electron chi connectivity index (χ0n) is 15.0. The van der Waals surface area contributed by atoms with Gasteiger partial charge in [-0.2, -0.15) is 0 Å². The second kappa shape index (κ2) is 7.11. The van der Waals surface area contributed by atoms with Gasteiger partial charge in [0.15, 0.2) is 6.10 Å². The molecule has 0 spiro atoms. The van der Waals surface area contributed by atoms with Crippen molar-refractivity contribution < 1.29 is 19.0 Å². The minimum Gasteiger partial charge on any atom is -0.486 e. The van der Waals surface area contributed by atoms with E-state index in [0.29, 0.717) is 18.2 Å². The molecule has 138 valence electrons. The van der Waals surface area contributed by atoms with E-state index < -0.39 is 6.09 Å². The lowest BCUT2D eigenvalue weighted by Gasteiger charge is -2.20. The average Bonchev–Trinajstić information content (AvgIpc) is 3.14. The van der Waals surface area contributed by atoms with Crippen molar-refractivity contribution in [3.8, 4) is 22.8 Å². The van der Waals surface area contributed by atoms with Crippen LogP contribution in [0.25, 0.3) is 22.0 Å². The molecule has 0 unspecified atom stereocenters. The van der Waals surface area contributed by atoms with Gasteiger partial charge in [0, 0.05) is 29.4 Å². The summed E-state index contributed by atoms with van der Waals surface area (Å²) in [4.78, 5) is 20.0. The van der Waals surface area contributed by atoms with Gasteiger partial charge in [-0.1, -0.05) is 0 Å². The van der Waals surface area contributed by atoms with Crippen molar-refractivity contribution in [2.45, 2.75) is 19.1 Å². The van der Waals surface area contributed by atoms with Crippen molar-refractivity contribution in [3.63, 3.8) is 0 Å². The highest BCUT2D eigenvalue weighted by Gasteiger charge is 2.29. The number of methoxy groups -OCH3 is 1. The lowest BCUT2D eigenvalue weighted by atomic mass is 10.0. The van der Waals surface area contributed by atoms with E-state index in [0.717, 1.165) is 22.0 Å². The van der Waals surface area contributed by atoms with Gasteiger partial charge in [0.2, 0.25) is 5.88 Å². The molecule has 4 rings (SSSR count). The van der Waals surface area contributed by atoms with Crippen LogP contribution in [0.5, 0.6) is 11.6 Å². The number of hydrogen-bond donors (Lipinski definition) is 1. The van der Waals surface area contributed by atoms with Crippen molar-refractivity contribution >= 4 is 17.0 Å². The molecule has 1 fully saturated rings. The number of ether oxygens (including phenoxy) is 3. The van der Waals surface area contributed by atoms with Crippen LogP contribution in [0.2, 0.25) is 0 Å². The zero-order chi connectivity index (χ0) is 18.8. The number of hydrogen-bond acceptors (Lipinski definition) is 6. The van der Waals surface area contributed by atoms with E-state index in [2.05, 4.69) is 15.3 Å². The van der Waals surface area contributed by atoms with E-state index in [1.807, 2.05) is 43.3 Å². The van der Waals surface area contributed by atoms with Crippen molar-refractivity contribution in [1.29, 1.82) is 0 Å².